The lowest BCUT2D eigenvalue weighted by atomic mass is 10.1. The van der Waals surface area contributed by atoms with Gasteiger partial charge < -0.3 is 13.6 Å². The first-order valence-electron chi connectivity index (χ1n) is 11.3. The predicted molar refractivity (Wildman–Crippen MR) is 126 cm³/mol. The van der Waals surface area contributed by atoms with E-state index in [0.717, 1.165) is 0 Å². The van der Waals surface area contributed by atoms with Crippen LogP contribution in [0.2, 0.25) is 0 Å². The number of carbonyl (C=O) groups excluding carboxylic acids is 3. The molecule has 0 aliphatic carbocycles. The molecule has 0 atom stereocenters. The minimum absolute atomic E-state index is 0.173. The van der Waals surface area contributed by atoms with E-state index in [0.29, 0.717) is 59.4 Å². The summed E-state index contributed by atoms with van der Waals surface area (Å²) in [5, 5.41) is 0.298. The van der Waals surface area contributed by atoms with E-state index >= 15 is 0 Å². The molecule has 0 fully saturated rings. The summed E-state index contributed by atoms with van der Waals surface area (Å²) < 4.78 is 16.4. The summed E-state index contributed by atoms with van der Waals surface area (Å²) in [6.07, 6.45) is 3.45. The quantitative estimate of drug-likeness (QED) is 0.157. The molecule has 0 unspecified atom stereocenters. The molecule has 0 bridgehead atoms. The number of furan rings is 1. The third kappa shape index (κ3) is 4.50. The zero-order chi connectivity index (χ0) is 24.4. The summed E-state index contributed by atoms with van der Waals surface area (Å²) >= 11 is 0. The second-order valence-corrected chi connectivity index (χ2v) is 8.20. The van der Waals surface area contributed by atoms with Crippen LogP contribution in [0.25, 0.3) is 22.5 Å². The fraction of sp³-hybridized carbons (Fsp3) is 0.185. The van der Waals surface area contributed by atoms with Crippen molar-refractivity contribution in [3.05, 3.63) is 88.3 Å². The van der Waals surface area contributed by atoms with Gasteiger partial charge in [-0.3, -0.25) is 24.1 Å². The van der Waals surface area contributed by atoms with Gasteiger partial charge in [-0.25, -0.2) is 0 Å². The maximum Gasteiger partial charge on any atom is 0.311 e. The van der Waals surface area contributed by atoms with E-state index in [2.05, 4.69) is 0 Å². The highest BCUT2D eigenvalue weighted by Crippen LogP contribution is 2.26. The van der Waals surface area contributed by atoms with Crippen LogP contribution in [0.1, 0.15) is 46.4 Å². The molecule has 1 aliphatic heterocycles. The van der Waals surface area contributed by atoms with E-state index in [4.69, 9.17) is 13.6 Å². The summed E-state index contributed by atoms with van der Waals surface area (Å²) in [6, 6.07) is 16.1. The number of esters is 1. The van der Waals surface area contributed by atoms with Crippen LogP contribution in [-0.2, 0) is 4.79 Å². The molecular formula is C27H21NO7. The summed E-state index contributed by atoms with van der Waals surface area (Å²) in [6.45, 7) is 0.307. The Hall–Kier alpha value is -4.46. The number of fused-ring (bicyclic) bond motifs is 2. The smallest absolute Gasteiger partial charge is 0.311 e. The predicted octanol–water partition coefficient (Wildman–Crippen LogP) is 4.82. The molecule has 1 aliphatic rings. The molecule has 8 heteroatoms. The van der Waals surface area contributed by atoms with Crippen molar-refractivity contribution >= 4 is 28.8 Å². The van der Waals surface area contributed by atoms with Crippen molar-refractivity contribution in [1.29, 1.82) is 0 Å². The van der Waals surface area contributed by atoms with Gasteiger partial charge in [0.05, 0.1) is 22.8 Å². The van der Waals surface area contributed by atoms with Gasteiger partial charge in [-0.1, -0.05) is 18.6 Å². The molecule has 176 valence electrons. The first-order chi connectivity index (χ1) is 17.0. The number of amides is 2. The lowest BCUT2D eigenvalue weighted by Crippen LogP contribution is -2.30. The fourth-order valence-electron chi connectivity index (χ4n) is 4.08. The van der Waals surface area contributed by atoms with Crippen molar-refractivity contribution in [3.63, 3.8) is 0 Å². The molecule has 3 heterocycles. The molecule has 35 heavy (non-hydrogen) atoms. The van der Waals surface area contributed by atoms with Crippen molar-refractivity contribution in [2.75, 3.05) is 6.54 Å². The van der Waals surface area contributed by atoms with Gasteiger partial charge in [-0.05, 0) is 55.3 Å². The SMILES string of the molecule is O=C(CCCCCN1C(=O)c2ccccc2C1=O)Oc1ccc2oc(-c3ccco3)cc(=O)c2c1. The van der Waals surface area contributed by atoms with Gasteiger partial charge in [0.2, 0.25) is 0 Å². The zero-order valence-electron chi connectivity index (χ0n) is 18.7. The molecule has 8 nitrogen and oxygen atoms in total. The van der Waals surface area contributed by atoms with Crippen LogP contribution in [0.15, 0.2) is 80.6 Å². The molecule has 0 N–H and O–H groups in total. The number of hydrogen-bond acceptors (Lipinski definition) is 7. The summed E-state index contributed by atoms with van der Waals surface area (Å²) in [5.74, 6) is 0.0401. The Morgan fingerprint density at radius 3 is 2.31 bits per heavy atom. The average Bonchev–Trinajstić information content (AvgIpc) is 3.48. The number of carbonyl (C=O) groups is 3. The Kier molecular flexibility index (Phi) is 6.01. The lowest BCUT2D eigenvalue weighted by molar-refractivity contribution is -0.134. The van der Waals surface area contributed by atoms with Gasteiger partial charge in [0, 0.05) is 19.0 Å². The topological polar surface area (TPSA) is 107 Å². The number of rotatable bonds is 8. The van der Waals surface area contributed by atoms with Gasteiger partial charge in [-0.15, -0.1) is 0 Å². The Balaban J connectivity index is 1.12. The molecule has 2 aromatic carbocycles. The van der Waals surface area contributed by atoms with Crippen LogP contribution in [-0.4, -0.2) is 29.2 Å². The molecular weight excluding hydrogens is 450 g/mol. The average molecular weight is 471 g/mol. The normalized spacial score (nSPS) is 12.9. The van der Waals surface area contributed by atoms with Crippen molar-refractivity contribution in [2.24, 2.45) is 0 Å². The molecule has 5 rings (SSSR count). The Labute approximate surface area is 199 Å². The largest absolute Gasteiger partial charge is 0.461 e. The Bertz CT molecular complexity index is 1450. The number of imide groups is 1. The third-order valence-electron chi connectivity index (χ3n) is 5.84. The van der Waals surface area contributed by atoms with Crippen molar-refractivity contribution < 1.29 is 28.0 Å². The first-order valence-corrected chi connectivity index (χ1v) is 11.3. The molecule has 2 aromatic heterocycles. The highest BCUT2D eigenvalue weighted by Gasteiger charge is 2.34. The first kappa shape index (κ1) is 22.3. The monoisotopic (exact) mass is 471 g/mol. The summed E-state index contributed by atoms with van der Waals surface area (Å²) in [4.78, 5) is 50.8. The van der Waals surface area contributed by atoms with Crippen molar-refractivity contribution in [3.8, 4) is 17.3 Å². The number of unbranched alkanes of at least 4 members (excludes halogenated alkanes) is 2. The van der Waals surface area contributed by atoms with Crippen LogP contribution in [0.3, 0.4) is 0 Å². The fourth-order valence-corrected chi connectivity index (χ4v) is 4.08. The molecule has 0 saturated carbocycles. The van der Waals surface area contributed by atoms with E-state index in [1.54, 1.807) is 48.5 Å². The van der Waals surface area contributed by atoms with Crippen LogP contribution in [0.4, 0.5) is 0 Å². The second-order valence-electron chi connectivity index (χ2n) is 8.20. The van der Waals surface area contributed by atoms with Crippen LogP contribution in [0.5, 0.6) is 5.75 Å². The molecule has 0 saturated heterocycles. The van der Waals surface area contributed by atoms with Gasteiger partial charge in [0.1, 0.15) is 11.3 Å². The maximum atomic E-state index is 12.5. The highest BCUT2D eigenvalue weighted by molar-refractivity contribution is 6.21. The maximum absolute atomic E-state index is 12.5. The van der Waals surface area contributed by atoms with Gasteiger partial charge in [0.15, 0.2) is 16.9 Å². The van der Waals surface area contributed by atoms with Gasteiger partial charge in [-0.2, -0.15) is 0 Å². The highest BCUT2D eigenvalue weighted by atomic mass is 16.5. The third-order valence-corrected chi connectivity index (χ3v) is 5.84. The Morgan fingerprint density at radius 2 is 1.60 bits per heavy atom. The molecule has 0 radical (unpaired) electrons. The lowest BCUT2D eigenvalue weighted by Gasteiger charge is -2.13. The van der Waals surface area contributed by atoms with Crippen molar-refractivity contribution in [2.45, 2.75) is 25.7 Å². The number of ether oxygens (including phenoxy) is 1. The van der Waals surface area contributed by atoms with E-state index in [1.165, 1.54) is 23.3 Å². The Morgan fingerprint density at radius 1 is 0.829 bits per heavy atom. The standard InChI is InChI=1S/C27H21NO7/c29-21-16-24(23-9-6-14-33-23)35-22-12-11-17(15-20(21)22)34-25(30)10-2-1-5-13-28-26(31)18-7-3-4-8-19(18)27(28)32/h3-4,6-9,11-12,14-16H,1-2,5,10,13H2. The minimum Gasteiger partial charge on any atom is -0.461 e. The van der Waals surface area contributed by atoms with E-state index in [-0.39, 0.29) is 29.4 Å². The number of benzene rings is 2. The van der Waals surface area contributed by atoms with E-state index < -0.39 is 5.97 Å². The van der Waals surface area contributed by atoms with Gasteiger partial charge >= 0.3 is 5.97 Å². The van der Waals surface area contributed by atoms with Crippen molar-refractivity contribution in [1.82, 2.24) is 4.90 Å². The number of hydrogen-bond donors (Lipinski definition) is 0. The summed E-state index contributed by atoms with van der Waals surface area (Å²) in [7, 11) is 0. The molecule has 2 amide bonds. The van der Waals surface area contributed by atoms with E-state index in [1.807, 2.05) is 0 Å². The van der Waals surface area contributed by atoms with Gasteiger partial charge in [0.25, 0.3) is 11.8 Å². The number of nitrogens with zero attached hydrogens (tertiary/aromatic N) is 1. The molecule has 0 spiro atoms. The zero-order valence-corrected chi connectivity index (χ0v) is 18.7. The summed E-state index contributed by atoms with van der Waals surface area (Å²) in [5.41, 5.74) is 0.950. The minimum atomic E-state index is -0.429. The van der Waals surface area contributed by atoms with E-state index in [9.17, 15) is 19.2 Å². The second kappa shape index (κ2) is 9.42. The van der Waals surface area contributed by atoms with Crippen LogP contribution < -0.4 is 10.2 Å². The van der Waals surface area contributed by atoms with Crippen LogP contribution >= 0.6 is 0 Å². The molecule has 4 aromatic rings. The van der Waals surface area contributed by atoms with Crippen LogP contribution in [0, 0.1) is 0 Å².